The van der Waals surface area contributed by atoms with Crippen LogP contribution in [0.25, 0.3) is 10.4 Å². The van der Waals surface area contributed by atoms with E-state index in [1.54, 1.807) is 22.3 Å². The molecule has 0 spiro atoms. The van der Waals surface area contributed by atoms with Crippen molar-refractivity contribution in [3.63, 3.8) is 0 Å². The molecule has 8 nitrogen and oxygen atoms in total. The lowest BCUT2D eigenvalue weighted by molar-refractivity contribution is -0.139. The monoisotopic (exact) mass is 527 g/mol. The maximum Gasteiger partial charge on any atom is 0.243 e. The number of rotatable bonds is 6. The summed E-state index contributed by atoms with van der Waals surface area (Å²) in [5.74, 6) is 0.0246. The number of hydrogen-bond acceptors (Lipinski definition) is 7. The topological polar surface area (TPSA) is 114 Å². The molecule has 1 aliphatic heterocycles. The number of carbonyl (C=O) groups is 2. The van der Waals surface area contributed by atoms with Gasteiger partial charge in [-0.05, 0) is 36.3 Å². The molecule has 37 heavy (non-hydrogen) atoms. The van der Waals surface area contributed by atoms with Crippen LogP contribution in [0.2, 0.25) is 0 Å². The van der Waals surface area contributed by atoms with Crippen molar-refractivity contribution in [2.75, 3.05) is 6.54 Å². The van der Waals surface area contributed by atoms with Gasteiger partial charge in [0.05, 0.1) is 21.8 Å². The fraction of sp³-hybridized carbons (Fsp3) is 0.500. The number of aryl methyl sites for hydroxylation is 1. The van der Waals surface area contributed by atoms with Gasteiger partial charge in [-0.2, -0.15) is 0 Å². The summed E-state index contributed by atoms with van der Waals surface area (Å²) in [4.78, 5) is 32.5. The summed E-state index contributed by atoms with van der Waals surface area (Å²) in [6, 6.07) is 9.60. The fourth-order valence-electron chi connectivity index (χ4n) is 3.90. The average Bonchev–Trinajstić information content (AvgIpc) is 3.65. The van der Waals surface area contributed by atoms with E-state index >= 15 is 0 Å². The first kappa shape index (κ1) is 30.2. The second kappa shape index (κ2) is 14.6. The number of aromatic nitrogens is 2. The summed E-state index contributed by atoms with van der Waals surface area (Å²) in [5, 5.41) is 6.55. The van der Waals surface area contributed by atoms with Crippen molar-refractivity contribution in [3.8, 4) is 10.4 Å². The zero-order valence-electron chi connectivity index (χ0n) is 22.9. The number of thiazole rings is 1. The molecule has 0 bridgehead atoms. The standard InChI is InChI=1S/C22H29N3O2S.C4H6N2O.C2H6/c1-15-20(28-14-24-15)17-9-7-16(8-10-17)13-23-21(27)18-6-5-11-25(18)19(26)12-22(2,3)4;5-3-4-1-2-7-6-4;1-2/h7-10,14,18H,5-6,11-13H2,1-4H3,(H,23,27);1-2H,3,5H2;1-2H3. The zero-order chi connectivity index (χ0) is 27.4. The van der Waals surface area contributed by atoms with E-state index in [9.17, 15) is 9.59 Å². The van der Waals surface area contributed by atoms with Crippen molar-refractivity contribution in [3.05, 3.63) is 59.1 Å². The molecule has 9 heteroatoms. The van der Waals surface area contributed by atoms with Gasteiger partial charge in [-0.15, -0.1) is 11.3 Å². The van der Waals surface area contributed by atoms with Crippen LogP contribution in [0.1, 0.15) is 70.8 Å². The van der Waals surface area contributed by atoms with Gasteiger partial charge in [0.1, 0.15) is 12.3 Å². The summed E-state index contributed by atoms with van der Waals surface area (Å²) < 4.78 is 4.48. The van der Waals surface area contributed by atoms with E-state index in [1.165, 1.54) is 11.1 Å². The number of nitrogens with two attached hydrogens (primary N) is 1. The first-order valence-electron chi connectivity index (χ1n) is 12.8. The van der Waals surface area contributed by atoms with E-state index in [2.05, 4.69) is 32.1 Å². The second-order valence-electron chi connectivity index (χ2n) is 9.86. The van der Waals surface area contributed by atoms with Crippen LogP contribution in [0.3, 0.4) is 0 Å². The predicted octanol–water partition coefficient (Wildman–Crippen LogP) is 5.32. The number of likely N-dealkylation sites (tertiary alicyclic amines) is 1. The van der Waals surface area contributed by atoms with Crippen LogP contribution in [-0.4, -0.2) is 39.4 Å². The highest BCUT2D eigenvalue weighted by molar-refractivity contribution is 7.13. The molecule has 1 atom stereocenters. The molecule has 0 aliphatic carbocycles. The van der Waals surface area contributed by atoms with E-state index < -0.39 is 0 Å². The summed E-state index contributed by atoms with van der Waals surface area (Å²) >= 11 is 1.63. The molecule has 1 fully saturated rings. The van der Waals surface area contributed by atoms with Crippen LogP contribution in [-0.2, 0) is 22.7 Å². The lowest BCUT2D eigenvalue weighted by Crippen LogP contribution is -2.46. The number of carbonyl (C=O) groups excluding carboxylic acids is 2. The molecular formula is C28H41N5O3S. The van der Waals surface area contributed by atoms with Gasteiger partial charge in [-0.3, -0.25) is 9.59 Å². The van der Waals surface area contributed by atoms with Gasteiger partial charge in [0.15, 0.2) is 0 Å². The van der Waals surface area contributed by atoms with Crippen LogP contribution >= 0.6 is 11.3 Å². The van der Waals surface area contributed by atoms with Crippen molar-refractivity contribution >= 4 is 23.2 Å². The Morgan fingerprint density at radius 2 is 1.89 bits per heavy atom. The van der Waals surface area contributed by atoms with Gasteiger partial charge in [0.25, 0.3) is 0 Å². The third-order valence-electron chi connectivity index (χ3n) is 5.69. The number of benzene rings is 1. The van der Waals surface area contributed by atoms with E-state index in [-0.39, 0.29) is 23.3 Å². The highest BCUT2D eigenvalue weighted by atomic mass is 32.1. The van der Waals surface area contributed by atoms with Crippen LogP contribution < -0.4 is 11.1 Å². The SMILES string of the molecule is CC.Cc1ncsc1-c1ccc(CNC(=O)C2CCCN2C(=O)CC(C)(C)C)cc1.NCc1ccon1. The molecular weight excluding hydrogens is 486 g/mol. The Hall–Kier alpha value is -3.04. The van der Waals surface area contributed by atoms with Gasteiger partial charge in [0, 0.05) is 32.1 Å². The predicted molar refractivity (Wildman–Crippen MR) is 149 cm³/mol. The lowest BCUT2D eigenvalue weighted by Gasteiger charge is -2.27. The second-order valence-corrected chi connectivity index (χ2v) is 10.7. The summed E-state index contributed by atoms with van der Waals surface area (Å²) in [5.41, 5.74) is 11.0. The van der Waals surface area contributed by atoms with Gasteiger partial charge in [-0.1, -0.05) is 64.0 Å². The van der Waals surface area contributed by atoms with Gasteiger partial charge in [0.2, 0.25) is 11.8 Å². The van der Waals surface area contributed by atoms with Gasteiger partial charge >= 0.3 is 0 Å². The van der Waals surface area contributed by atoms with Crippen LogP contribution in [0.5, 0.6) is 0 Å². The quantitative estimate of drug-likeness (QED) is 0.448. The normalized spacial score (nSPS) is 14.8. The van der Waals surface area contributed by atoms with Crippen molar-refractivity contribution in [1.29, 1.82) is 0 Å². The number of hydrogen-bond donors (Lipinski definition) is 2. The highest BCUT2D eigenvalue weighted by Crippen LogP contribution is 2.27. The Labute approximate surface area is 224 Å². The Bertz CT molecular complexity index is 1090. The fourth-order valence-corrected chi connectivity index (χ4v) is 4.71. The van der Waals surface area contributed by atoms with Crippen molar-refractivity contribution in [2.24, 2.45) is 11.1 Å². The summed E-state index contributed by atoms with van der Waals surface area (Å²) in [6.07, 6.45) is 3.60. The highest BCUT2D eigenvalue weighted by Gasteiger charge is 2.35. The Morgan fingerprint density at radius 1 is 1.19 bits per heavy atom. The van der Waals surface area contributed by atoms with E-state index in [1.807, 2.05) is 59.2 Å². The minimum Gasteiger partial charge on any atom is -0.364 e. The van der Waals surface area contributed by atoms with Crippen molar-refractivity contribution < 1.29 is 14.1 Å². The molecule has 2 amide bonds. The molecule has 202 valence electrons. The molecule has 3 heterocycles. The molecule has 1 aliphatic rings. The zero-order valence-corrected chi connectivity index (χ0v) is 23.7. The summed E-state index contributed by atoms with van der Waals surface area (Å²) in [6.45, 7) is 13.8. The van der Waals surface area contributed by atoms with Crippen LogP contribution in [0.4, 0.5) is 0 Å². The minimum absolute atomic E-state index is 0.0536. The Balaban J connectivity index is 0.000000455. The van der Waals surface area contributed by atoms with E-state index in [0.29, 0.717) is 26.1 Å². The molecule has 3 N–H and O–H groups in total. The third kappa shape index (κ3) is 9.40. The average molecular weight is 528 g/mol. The smallest absolute Gasteiger partial charge is 0.243 e. The first-order chi connectivity index (χ1) is 17.7. The van der Waals surface area contributed by atoms with Crippen molar-refractivity contribution in [1.82, 2.24) is 20.4 Å². The largest absolute Gasteiger partial charge is 0.364 e. The molecule has 1 unspecified atom stereocenters. The summed E-state index contributed by atoms with van der Waals surface area (Å²) in [7, 11) is 0. The van der Waals surface area contributed by atoms with E-state index in [4.69, 9.17) is 5.73 Å². The number of nitrogens with one attached hydrogen (secondary N) is 1. The molecule has 1 aromatic carbocycles. The van der Waals surface area contributed by atoms with Crippen LogP contribution in [0, 0.1) is 12.3 Å². The number of amides is 2. The van der Waals surface area contributed by atoms with Gasteiger partial charge in [-0.25, -0.2) is 4.98 Å². The number of nitrogens with zero attached hydrogens (tertiary/aromatic N) is 3. The molecule has 0 saturated carbocycles. The molecule has 3 aromatic rings. The molecule has 2 aromatic heterocycles. The minimum atomic E-state index is -0.339. The Kier molecular flexibility index (Phi) is 11.9. The van der Waals surface area contributed by atoms with E-state index in [0.717, 1.165) is 35.4 Å². The molecule has 0 radical (unpaired) electrons. The lowest BCUT2D eigenvalue weighted by atomic mass is 9.91. The van der Waals surface area contributed by atoms with Crippen molar-refractivity contribution in [2.45, 2.75) is 79.9 Å². The molecule has 1 saturated heterocycles. The van der Waals surface area contributed by atoms with Gasteiger partial charge < -0.3 is 20.5 Å². The molecule has 4 rings (SSSR count). The third-order valence-corrected chi connectivity index (χ3v) is 6.66. The Morgan fingerprint density at radius 3 is 2.41 bits per heavy atom. The maximum atomic E-state index is 12.7. The van der Waals surface area contributed by atoms with Crippen LogP contribution in [0.15, 0.2) is 46.6 Å². The maximum absolute atomic E-state index is 12.7. The first-order valence-corrected chi connectivity index (χ1v) is 13.7.